The highest BCUT2D eigenvalue weighted by atomic mass is 28.3. The molecular weight excluding hydrogens is 1700 g/mol. The van der Waals surface area contributed by atoms with Crippen LogP contribution in [0.15, 0.2) is 146 Å². The van der Waals surface area contributed by atoms with Gasteiger partial charge in [0.2, 0.25) is 0 Å². The summed E-state index contributed by atoms with van der Waals surface area (Å²) in [6, 6.07) is 86.3. The van der Waals surface area contributed by atoms with Crippen LogP contribution in [0.4, 0.5) is 0 Å². The van der Waals surface area contributed by atoms with Crippen LogP contribution in [0.1, 0.15) is 128 Å². The molecule has 0 saturated carbocycles. The molecule has 6 rings (SSSR count). The van der Waals surface area contributed by atoms with Crippen molar-refractivity contribution in [3.8, 4) is 0 Å². The summed E-state index contributed by atoms with van der Waals surface area (Å²) < 4.78 is 0. The molecule has 0 unspecified atom stereocenters. The normalized spacial score (nSPS) is 11.8. The Morgan fingerprint density at radius 2 is 0.457 bits per heavy atom. The maximum atomic E-state index is 2.39. The summed E-state index contributed by atoms with van der Waals surface area (Å²) in [7, 11) is 26.2. The molecule has 0 aliphatic rings. The Balaban J connectivity index is -0.00000113. The lowest BCUT2D eigenvalue weighted by molar-refractivity contribution is 0.689. The van der Waals surface area contributed by atoms with Crippen LogP contribution in [0.5, 0.6) is 0 Å². The molecule has 6 aromatic carbocycles. The lowest BCUT2D eigenvalue weighted by Gasteiger charge is -2.07. The van der Waals surface area contributed by atoms with E-state index in [1.165, 1.54) is 285 Å². The van der Waals surface area contributed by atoms with Crippen molar-refractivity contribution in [2.24, 2.45) is 0 Å². The van der Waals surface area contributed by atoms with E-state index in [1.54, 1.807) is 202 Å². The zero-order chi connectivity index (χ0) is 78.0. The summed E-state index contributed by atoms with van der Waals surface area (Å²) in [6.45, 7) is 0. The van der Waals surface area contributed by atoms with E-state index in [-0.39, 0.29) is 28.6 Å². The first-order chi connectivity index (χ1) is 51.2. The van der Waals surface area contributed by atoms with Crippen molar-refractivity contribution in [3.05, 3.63) is 146 Å². The van der Waals surface area contributed by atoms with Crippen LogP contribution in [0.3, 0.4) is 0 Å². The van der Waals surface area contributed by atoms with Crippen LogP contribution < -0.4 is 62.2 Å². The number of hydrogen-bond donors (Lipinski definition) is 0. The summed E-state index contributed by atoms with van der Waals surface area (Å²) in [5.74, 6) is 0. The SMILES string of the molecule is [SiH3]CCCCCC[SiH2]CCCCCC[SiH3].[SiH3]CCCCC[SiH2]CCCCC[SiH3].[SiH3]CCCC[SiH2]CCCC[SiH3].[SiH3]CCC[SiH2]CCC[SiH3].[SiH3]CC[SiH2]CC[SiH3].[SiH3]C[SiH2]C[SiH3].[SiH3]c1ccc([SiH2]c2ccc([SiH3])cc2)cc1.[SiH3]c1cccc([SiH2]c2cccc([SiH3])c2)c1.[SiH3]c1ccccc1[SiH2]c1ccccc1[SiH3]. The van der Waals surface area contributed by atoms with Crippen molar-refractivity contribution in [2.75, 3.05) is 0 Å². The molecular formula is C78H180Si27. The molecule has 0 bridgehead atoms. The Bertz CT molecular complexity index is 2510. The van der Waals surface area contributed by atoms with Gasteiger partial charge in [-0.1, -0.05) is 468 Å². The monoisotopic (exact) mass is 1870 g/mol. The van der Waals surface area contributed by atoms with Gasteiger partial charge in [0, 0.05) is 221 Å². The summed E-state index contributed by atoms with van der Waals surface area (Å²) in [5.41, 5.74) is 3.31. The van der Waals surface area contributed by atoms with Gasteiger partial charge in [-0.25, -0.2) is 0 Å². The van der Waals surface area contributed by atoms with E-state index >= 15 is 0 Å². The summed E-state index contributed by atoms with van der Waals surface area (Å²) in [6.07, 6.45) is 30.9. The Morgan fingerprint density at radius 1 is 0.190 bits per heavy atom. The molecule has 0 saturated heterocycles. The molecule has 105 heavy (non-hydrogen) atoms. The number of hydrogen-bond acceptors (Lipinski definition) is 0. The summed E-state index contributed by atoms with van der Waals surface area (Å²) in [5, 5.41) is 18.7. The Kier molecular flexibility index (Phi) is 95.3. The topological polar surface area (TPSA) is 0 Å². The highest BCUT2D eigenvalue weighted by molar-refractivity contribution is 6.75. The van der Waals surface area contributed by atoms with Gasteiger partial charge >= 0.3 is 0 Å². The third kappa shape index (κ3) is 81.5. The van der Waals surface area contributed by atoms with Crippen LogP contribution >= 0.6 is 0 Å². The number of rotatable bonds is 48. The molecule has 0 fully saturated rings. The number of unbranched alkanes of at least 4 members (excludes halogenated alkanes) is 12. The molecule has 0 nitrogen and oxygen atoms in total. The van der Waals surface area contributed by atoms with Crippen molar-refractivity contribution in [1.82, 2.24) is 0 Å². The second-order valence-corrected chi connectivity index (χ2v) is 73.0. The van der Waals surface area contributed by atoms with Gasteiger partial charge in [0.1, 0.15) is 0 Å². The average Bonchev–Trinajstić information content (AvgIpc) is 0.880. The molecule has 0 N–H and O–H groups in total. The van der Waals surface area contributed by atoms with Crippen LogP contribution in [0.25, 0.3) is 0 Å². The third-order valence-corrected chi connectivity index (χ3v) is 57.6. The van der Waals surface area contributed by atoms with E-state index in [1.807, 2.05) is 0 Å². The van der Waals surface area contributed by atoms with E-state index < -0.39 is 0 Å². The molecule has 0 aliphatic carbocycles. The zero-order valence-corrected chi connectivity index (χ0v) is 123. The zero-order valence-electron chi connectivity index (χ0n) is 73.9. The van der Waals surface area contributed by atoms with Gasteiger partial charge in [0.05, 0.1) is 28.6 Å². The van der Waals surface area contributed by atoms with E-state index in [4.69, 9.17) is 0 Å². The van der Waals surface area contributed by atoms with Gasteiger partial charge in [0.25, 0.3) is 0 Å². The van der Waals surface area contributed by atoms with Gasteiger partial charge in [-0.2, -0.15) is 0 Å². The fraction of sp³-hybridized carbons (Fsp3) is 0.538. The molecule has 0 aromatic heterocycles. The predicted octanol–water partition coefficient (Wildman–Crippen LogP) is -11.4. The molecule has 0 heterocycles. The minimum atomic E-state index is -0.235. The molecule has 6 aromatic rings. The quantitative estimate of drug-likeness (QED) is 0.0264. The maximum absolute atomic E-state index is 2.39. The minimum absolute atomic E-state index is 0.223. The van der Waals surface area contributed by atoms with Gasteiger partial charge < -0.3 is 0 Å². The largest absolute Gasteiger partial charge is 0.0875 e. The van der Waals surface area contributed by atoms with Crippen molar-refractivity contribution < 1.29 is 0 Å². The highest BCUT2D eigenvalue weighted by Gasteiger charge is 2.04. The van der Waals surface area contributed by atoms with Crippen LogP contribution in [-0.4, -0.2) is 270 Å². The molecule has 27 heteroatoms. The third-order valence-electron chi connectivity index (χ3n) is 19.9. The summed E-state index contributed by atoms with van der Waals surface area (Å²) >= 11 is 0. The van der Waals surface area contributed by atoms with Crippen molar-refractivity contribution in [3.63, 3.8) is 0 Å². The fourth-order valence-electron chi connectivity index (χ4n) is 12.6. The molecule has 0 spiro atoms. The van der Waals surface area contributed by atoms with Gasteiger partial charge in [-0.3, -0.25) is 0 Å². The lowest BCUT2D eigenvalue weighted by atomic mass is 10.2. The van der Waals surface area contributed by atoms with Gasteiger partial charge in [-0.05, 0) is 20.5 Å². The Morgan fingerprint density at radius 3 is 0.743 bits per heavy atom. The molecule has 600 valence electrons. The molecule has 0 atom stereocenters. The van der Waals surface area contributed by atoms with Gasteiger partial charge in [-0.15, -0.1) is 0 Å². The van der Waals surface area contributed by atoms with Crippen molar-refractivity contribution >= 4 is 332 Å². The first-order valence-corrected chi connectivity index (χ1v) is 84.8. The minimum Gasteiger partial charge on any atom is -0.0752 e. The highest BCUT2D eigenvalue weighted by Crippen LogP contribution is 2.10. The smallest absolute Gasteiger partial charge is 0.0752 e. The van der Waals surface area contributed by atoms with Crippen LogP contribution in [-0.2, 0) is 0 Å². The predicted molar refractivity (Wildman–Crippen MR) is 608 cm³/mol. The lowest BCUT2D eigenvalue weighted by Crippen LogP contribution is -2.43. The second-order valence-electron chi connectivity index (χ2n) is 31.1. The van der Waals surface area contributed by atoms with Crippen LogP contribution in [0, 0.1) is 0 Å². The second kappa shape index (κ2) is 90.7. The van der Waals surface area contributed by atoms with E-state index in [9.17, 15) is 0 Å². The van der Waals surface area contributed by atoms with E-state index in [0.717, 1.165) is 20.5 Å². The molecule has 0 amide bonds. The van der Waals surface area contributed by atoms with Gasteiger partial charge in [0.15, 0.2) is 0 Å². The molecule has 0 radical (unpaired) electrons. The Labute approximate surface area is 730 Å². The van der Waals surface area contributed by atoms with E-state index in [0.29, 0.717) is 57.1 Å². The first-order valence-electron chi connectivity index (χ1n) is 45.5. The Hall–Kier alpha value is 1.18. The standard InChI is InChI=1S/3C12H16Si3.C12H32Si3.C10H28Si3.C8H24Si3.C6H20Si3.C4H16Si3.C2H12Si3/c13-9-1-5-11(6-2-9)15-12-7-3-10(14)4-8-12;13-9-3-1-5-11(7-9)15-12-6-2-4-10(14)8-12;13-9-5-1-3-7-11(9)15-12-8-4-2-6-10(12)14;13-9-5-1-3-7-11-15-12-8-4-2-6-10-14;11-7-3-1-5-9-13-10-6-2-4-8-12;9-5-1-3-7-11-8-4-2-6-10;7-3-1-5-9-6-2-4-8;5-1-3-7-4-2-6;3-1-5-2-4/h3*1-8H,15H2,13-14H3;1-12,15H2,13-14H3;1-10,13H2,11-12H3;1-8,11H2,9-10H3;1-6,9H2,7-8H3;1-4,7H2,5-6H3;1-2,5H2,3-4H3. The average molecular weight is 1880 g/mol. The molecule has 0 aliphatic heterocycles. The van der Waals surface area contributed by atoms with Crippen LogP contribution in [0.2, 0.25) is 132 Å². The first kappa shape index (κ1) is 110. The summed E-state index contributed by atoms with van der Waals surface area (Å²) in [4.78, 5) is 0. The van der Waals surface area contributed by atoms with Crippen molar-refractivity contribution in [2.45, 2.75) is 261 Å². The maximum Gasteiger partial charge on any atom is 0.0875 e. The van der Waals surface area contributed by atoms with E-state index in [2.05, 4.69) is 146 Å². The number of benzene rings is 6. The van der Waals surface area contributed by atoms with Crippen molar-refractivity contribution in [1.29, 1.82) is 0 Å². The fourth-order valence-corrected chi connectivity index (χ4v) is 48.9.